The molecule has 4 aromatic rings. The van der Waals surface area contributed by atoms with E-state index in [1.54, 1.807) is 18.2 Å². The number of anilines is 1. The number of aromatic nitrogens is 2. The number of hydrogen-bond donors (Lipinski definition) is 1. The van der Waals surface area contributed by atoms with E-state index in [9.17, 15) is 14.4 Å². The molecule has 2 amide bonds. The van der Waals surface area contributed by atoms with Crippen LogP contribution in [0, 0.1) is 6.92 Å². The van der Waals surface area contributed by atoms with Crippen LogP contribution in [0.1, 0.15) is 35.2 Å². The van der Waals surface area contributed by atoms with Crippen LogP contribution in [-0.4, -0.2) is 39.4 Å². The van der Waals surface area contributed by atoms with Crippen molar-refractivity contribution in [3.05, 3.63) is 82.4 Å². The van der Waals surface area contributed by atoms with E-state index in [4.69, 9.17) is 0 Å². The van der Waals surface area contributed by atoms with Crippen molar-refractivity contribution in [1.82, 2.24) is 14.5 Å². The number of fused-ring (bicyclic) bond motifs is 1. The number of para-hydroxylation sites is 1. The Labute approximate surface area is 207 Å². The Balaban J connectivity index is 1.47. The van der Waals surface area contributed by atoms with E-state index in [0.717, 1.165) is 48.4 Å². The number of thiophene rings is 1. The first-order valence-electron chi connectivity index (χ1n) is 11.7. The smallest absolute Gasteiger partial charge is 0.261 e. The predicted octanol–water partition coefficient (Wildman–Crippen LogP) is 4.70. The molecular weight excluding hydrogens is 460 g/mol. The summed E-state index contributed by atoms with van der Waals surface area (Å²) in [5.74, 6) is -0.432. The lowest BCUT2D eigenvalue weighted by molar-refractivity contribution is -0.116. The summed E-state index contributed by atoms with van der Waals surface area (Å²) in [7, 11) is 0. The fraction of sp³-hybridized carbons (Fsp3) is 0.259. The Hall–Kier alpha value is -3.78. The maximum atomic E-state index is 13.5. The lowest BCUT2D eigenvalue weighted by Crippen LogP contribution is -2.36. The average molecular weight is 487 g/mol. The molecule has 2 aromatic carbocycles. The lowest BCUT2D eigenvalue weighted by Gasteiger charge is -2.27. The summed E-state index contributed by atoms with van der Waals surface area (Å²) in [6.07, 6.45) is 4.49. The van der Waals surface area contributed by atoms with Gasteiger partial charge in [0.1, 0.15) is 11.5 Å². The summed E-state index contributed by atoms with van der Waals surface area (Å²) in [5.41, 5.74) is 2.70. The zero-order valence-electron chi connectivity index (χ0n) is 19.5. The molecule has 5 rings (SSSR count). The van der Waals surface area contributed by atoms with E-state index in [2.05, 4.69) is 10.3 Å². The molecule has 0 aliphatic carbocycles. The number of nitrogens with one attached hydrogen (secondary N) is 1. The molecule has 178 valence electrons. The van der Waals surface area contributed by atoms with Gasteiger partial charge in [-0.1, -0.05) is 42.5 Å². The van der Waals surface area contributed by atoms with Crippen LogP contribution in [0.2, 0.25) is 0 Å². The molecule has 3 heterocycles. The lowest BCUT2D eigenvalue weighted by atomic mass is 10.0. The van der Waals surface area contributed by atoms with Crippen molar-refractivity contribution in [2.75, 3.05) is 18.4 Å². The van der Waals surface area contributed by atoms with Crippen molar-refractivity contribution in [1.29, 1.82) is 0 Å². The molecule has 0 radical (unpaired) electrons. The second kappa shape index (κ2) is 9.84. The first-order chi connectivity index (χ1) is 17.0. The number of piperidine rings is 1. The maximum Gasteiger partial charge on any atom is 0.261 e. The molecule has 2 aromatic heterocycles. The minimum Gasteiger partial charge on any atom is -0.339 e. The van der Waals surface area contributed by atoms with Crippen molar-refractivity contribution < 1.29 is 9.59 Å². The number of carbonyl (C=O) groups is 2. The zero-order chi connectivity index (χ0) is 24.4. The molecule has 1 aliphatic heterocycles. The number of carbonyl (C=O) groups excluding carboxylic acids is 2. The summed E-state index contributed by atoms with van der Waals surface area (Å²) in [5, 5.41) is 3.91. The molecule has 0 spiro atoms. The first-order valence-corrected chi connectivity index (χ1v) is 12.6. The molecule has 0 atom stereocenters. The minimum atomic E-state index is -0.377. The molecule has 35 heavy (non-hydrogen) atoms. The molecule has 1 N–H and O–H groups in total. The van der Waals surface area contributed by atoms with Crippen molar-refractivity contribution in [3.8, 4) is 10.4 Å². The fourth-order valence-corrected chi connectivity index (χ4v) is 5.74. The monoisotopic (exact) mass is 486 g/mol. The van der Waals surface area contributed by atoms with Crippen LogP contribution in [-0.2, 0) is 11.3 Å². The molecule has 7 nitrogen and oxygen atoms in total. The topological polar surface area (TPSA) is 84.3 Å². The van der Waals surface area contributed by atoms with Crippen LogP contribution in [0.25, 0.3) is 21.3 Å². The third-order valence-electron chi connectivity index (χ3n) is 6.34. The predicted molar refractivity (Wildman–Crippen MR) is 139 cm³/mol. The van der Waals surface area contributed by atoms with Crippen molar-refractivity contribution in [3.63, 3.8) is 0 Å². The highest BCUT2D eigenvalue weighted by Crippen LogP contribution is 2.40. The number of amides is 2. The van der Waals surface area contributed by atoms with Gasteiger partial charge in [0.15, 0.2) is 0 Å². The summed E-state index contributed by atoms with van der Waals surface area (Å²) in [6, 6.07) is 16.9. The van der Waals surface area contributed by atoms with Gasteiger partial charge < -0.3 is 10.2 Å². The van der Waals surface area contributed by atoms with Gasteiger partial charge in [0.25, 0.3) is 11.5 Å². The Morgan fingerprint density at radius 2 is 1.71 bits per heavy atom. The fourth-order valence-electron chi connectivity index (χ4n) is 4.52. The van der Waals surface area contributed by atoms with Gasteiger partial charge in [-0.15, -0.1) is 11.3 Å². The Morgan fingerprint density at radius 3 is 2.49 bits per heavy atom. The van der Waals surface area contributed by atoms with E-state index in [-0.39, 0.29) is 23.9 Å². The Morgan fingerprint density at radius 1 is 1.00 bits per heavy atom. The van der Waals surface area contributed by atoms with Crippen molar-refractivity contribution in [2.24, 2.45) is 0 Å². The third kappa shape index (κ3) is 4.61. The Kier molecular flexibility index (Phi) is 6.46. The number of rotatable bonds is 5. The Bertz CT molecular complexity index is 1450. The normalized spacial score (nSPS) is 13.7. The van der Waals surface area contributed by atoms with Gasteiger partial charge in [-0.25, -0.2) is 4.98 Å². The number of nitrogens with zero attached hydrogens (tertiary/aromatic N) is 3. The van der Waals surface area contributed by atoms with Gasteiger partial charge in [0.05, 0.1) is 22.8 Å². The highest BCUT2D eigenvalue weighted by atomic mass is 32.1. The summed E-state index contributed by atoms with van der Waals surface area (Å²) in [4.78, 5) is 46.5. The van der Waals surface area contributed by atoms with Gasteiger partial charge in [-0.2, -0.15) is 0 Å². The number of hydrogen-bond acceptors (Lipinski definition) is 5. The zero-order valence-corrected chi connectivity index (χ0v) is 20.3. The van der Waals surface area contributed by atoms with Gasteiger partial charge in [-0.05, 0) is 49.4 Å². The molecule has 8 heteroatoms. The van der Waals surface area contributed by atoms with Gasteiger partial charge >= 0.3 is 0 Å². The highest BCUT2D eigenvalue weighted by Gasteiger charge is 2.27. The third-order valence-corrected chi connectivity index (χ3v) is 7.59. The van der Waals surface area contributed by atoms with Crippen LogP contribution in [0.3, 0.4) is 0 Å². The van der Waals surface area contributed by atoms with Crippen LogP contribution >= 0.6 is 11.3 Å². The largest absolute Gasteiger partial charge is 0.339 e. The van der Waals surface area contributed by atoms with Crippen molar-refractivity contribution >= 4 is 39.1 Å². The molecule has 0 unspecified atom stereocenters. The molecular formula is C27H26N4O3S. The van der Waals surface area contributed by atoms with Gasteiger partial charge in [-0.3, -0.25) is 19.0 Å². The van der Waals surface area contributed by atoms with Crippen LogP contribution in [0.15, 0.2) is 65.7 Å². The molecule has 1 aliphatic rings. The number of benzene rings is 2. The van der Waals surface area contributed by atoms with Crippen LogP contribution < -0.4 is 10.9 Å². The van der Waals surface area contributed by atoms with E-state index in [1.807, 2.05) is 48.2 Å². The molecule has 0 saturated carbocycles. The molecule has 0 bridgehead atoms. The molecule has 1 fully saturated rings. The van der Waals surface area contributed by atoms with E-state index in [1.165, 1.54) is 22.2 Å². The van der Waals surface area contributed by atoms with E-state index in [0.29, 0.717) is 21.5 Å². The van der Waals surface area contributed by atoms with E-state index < -0.39 is 0 Å². The maximum absolute atomic E-state index is 13.5. The van der Waals surface area contributed by atoms with Gasteiger partial charge in [0.2, 0.25) is 5.91 Å². The summed E-state index contributed by atoms with van der Waals surface area (Å²) < 4.78 is 1.29. The van der Waals surface area contributed by atoms with Crippen LogP contribution in [0.4, 0.5) is 5.00 Å². The minimum absolute atomic E-state index is 0.0551. The summed E-state index contributed by atoms with van der Waals surface area (Å²) in [6.45, 7) is 3.19. The highest BCUT2D eigenvalue weighted by molar-refractivity contribution is 7.20. The second-order valence-electron chi connectivity index (χ2n) is 8.72. The standard InChI is InChI=1S/C27H26N4O3S/c1-18-23(27(34)30-14-8-3-9-15-30)25(35-24(18)19-10-4-2-5-11-19)29-22(32)16-31-17-28-21-13-7-6-12-20(21)26(31)33/h2,4-7,10-13,17H,3,8-9,14-16H2,1H3,(H,29,32). The molecule has 1 saturated heterocycles. The van der Waals surface area contributed by atoms with Crippen LogP contribution in [0.5, 0.6) is 0 Å². The second-order valence-corrected chi connectivity index (χ2v) is 9.74. The van der Waals surface area contributed by atoms with Gasteiger partial charge in [0, 0.05) is 18.0 Å². The summed E-state index contributed by atoms with van der Waals surface area (Å²) >= 11 is 1.39. The SMILES string of the molecule is Cc1c(-c2ccccc2)sc(NC(=O)Cn2cnc3ccccc3c2=O)c1C(=O)N1CCCCC1. The number of likely N-dealkylation sites (tertiary alicyclic amines) is 1. The quantitative estimate of drug-likeness (QED) is 0.443. The average Bonchev–Trinajstić information content (AvgIpc) is 3.21. The first kappa shape index (κ1) is 23.0. The van der Waals surface area contributed by atoms with Crippen molar-refractivity contribution in [2.45, 2.75) is 32.7 Å². The van der Waals surface area contributed by atoms with E-state index >= 15 is 0 Å².